The van der Waals surface area contributed by atoms with Gasteiger partial charge in [-0.05, 0) is 80.3 Å². The third-order valence-electron chi connectivity index (χ3n) is 12.2. The molecule has 0 amide bonds. The third kappa shape index (κ3) is 7.53. The van der Waals surface area contributed by atoms with E-state index in [-0.39, 0.29) is 17.1 Å². The molecule has 57 heavy (non-hydrogen) atoms. The minimum absolute atomic E-state index is 0.0277. The molecular formula is C50H59N2O5+. The van der Waals surface area contributed by atoms with Crippen molar-refractivity contribution in [1.82, 2.24) is 4.57 Å². The Hall–Kier alpha value is -5.17. The lowest BCUT2D eigenvalue weighted by Crippen LogP contribution is -2.31. The number of hydrogen-bond donors (Lipinski definition) is 2. The number of carbonyl (C=O) groups excluding carboxylic acids is 1. The van der Waals surface area contributed by atoms with Crippen molar-refractivity contribution in [2.75, 3.05) is 13.2 Å². The molecule has 1 aromatic heterocycles. The van der Waals surface area contributed by atoms with E-state index < -0.39 is 11.4 Å². The first-order valence-corrected chi connectivity index (χ1v) is 21.5. The first-order valence-electron chi connectivity index (χ1n) is 21.5. The number of fused-ring (bicyclic) bond motifs is 3. The third-order valence-corrected chi connectivity index (χ3v) is 12.2. The summed E-state index contributed by atoms with van der Waals surface area (Å²) in [6.07, 6.45) is 17.3. The van der Waals surface area contributed by atoms with Gasteiger partial charge in [0.1, 0.15) is 18.1 Å². The molecule has 0 saturated heterocycles. The van der Waals surface area contributed by atoms with Crippen LogP contribution in [0.15, 0.2) is 83.6 Å². The number of rotatable bonds is 19. The maximum atomic E-state index is 14.3. The molecule has 7 nitrogen and oxygen atoms in total. The normalized spacial score (nSPS) is 16.2. The van der Waals surface area contributed by atoms with Gasteiger partial charge in [-0.15, -0.1) is 0 Å². The number of carboxylic acid groups (broad SMARTS) is 1. The van der Waals surface area contributed by atoms with Crippen LogP contribution in [0.25, 0.3) is 38.5 Å². The molecule has 2 N–H and O–H groups in total. The number of ketones is 1. The number of benzene rings is 4. The number of Topliss-reactive ketones (excluding diaryl/α,β-unsaturated/α-hetero) is 1. The van der Waals surface area contributed by atoms with Crippen LogP contribution in [0.1, 0.15) is 128 Å². The van der Waals surface area contributed by atoms with Crippen LogP contribution >= 0.6 is 0 Å². The van der Waals surface area contributed by atoms with Gasteiger partial charge < -0.3 is 19.5 Å². The van der Waals surface area contributed by atoms with Gasteiger partial charge >= 0.3 is 5.97 Å². The predicted octanol–water partition coefficient (Wildman–Crippen LogP) is 11.7. The second-order valence-corrected chi connectivity index (χ2v) is 16.5. The van der Waals surface area contributed by atoms with E-state index in [1.807, 2.05) is 24.3 Å². The van der Waals surface area contributed by atoms with Crippen LogP contribution in [0.3, 0.4) is 0 Å². The molecule has 0 unspecified atom stereocenters. The number of aryl methyl sites for hydroxylation is 1. The van der Waals surface area contributed by atoms with Crippen molar-refractivity contribution in [1.29, 1.82) is 0 Å². The maximum Gasteiger partial charge on any atom is 0.335 e. The number of unbranched alkanes of at least 4 members (excludes halogenated alkanes) is 9. The summed E-state index contributed by atoms with van der Waals surface area (Å²) in [5.41, 5.74) is 4.67. The van der Waals surface area contributed by atoms with Crippen LogP contribution in [0, 0.1) is 0 Å². The van der Waals surface area contributed by atoms with Crippen molar-refractivity contribution in [2.45, 2.75) is 124 Å². The minimum atomic E-state index is -0.950. The molecule has 7 rings (SSSR count). The van der Waals surface area contributed by atoms with Crippen LogP contribution in [-0.4, -0.2) is 50.0 Å². The van der Waals surface area contributed by atoms with Gasteiger partial charge in [-0.3, -0.25) is 4.79 Å². The van der Waals surface area contributed by atoms with Crippen molar-refractivity contribution < 1.29 is 29.1 Å². The number of carboxylic acids is 1. The molecule has 0 fully saturated rings. The highest BCUT2D eigenvalue weighted by Crippen LogP contribution is 2.46. The SMILES string of the molecule is CCCCCCCC[N+]1=C(/C=C2\C(=O)C(/C=c3\c4cccc5c(OCCCC)ccc(c54)n3CCCCCC)=C2O)C(C)(C)c2c1ccc1cc(C(=O)O)ccc21. The number of ether oxygens (including phenoxy) is 1. The van der Waals surface area contributed by atoms with Gasteiger partial charge in [0.05, 0.1) is 28.7 Å². The molecule has 2 aliphatic rings. The minimum Gasteiger partial charge on any atom is -0.506 e. The standard InChI is InChI=1S/C50H58N2O5/c1-6-9-12-14-15-17-28-52-41-24-22-33-30-34(49(55)56)21-23-35(33)46(41)50(4,5)44(52)32-39-47(53)38(48(39)54)31-42-36-19-18-20-37-43(57-29-11-8-3)26-25-40(45(36)37)51(42)27-16-13-10-7-2/h18-26,30-32H,6-17,27-29H2,1-5H3,(H-,53,54,55,56)/p+1. The second-order valence-electron chi connectivity index (χ2n) is 16.5. The summed E-state index contributed by atoms with van der Waals surface area (Å²) in [5.74, 6) is -0.206. The first kappa shape index (κ1) is 40.0. The summed E-state index contributed by atoms with van der Waals surface area (Å²) < 4.78 is 10.9. The molecule has 5 aromatic rings. The Morgan fingerprint density at radius 3 is 2.26 bits per heavy atom. The van der Waals surface area contributed by atoms with Crippen LogP contribution in [0.4, 0.5) is 5.69 Å². The average Bonchev–Trinajstić information content (AvgIpc) is 3.63. The molecule has 0 saturated carbocycles. The zero-order chi connectivity index (χ0) is 40.3. The summed E-state index contributed by atoms with van der Waals surface area (Å²) >= 11 is 0. The monoisotopic (exact) mass is 767 g/mol. The number of nitrogens with zero attached hydrogens (tertiary/aromatic N) is 2. The molecular weight excluding hydrogens is 709 g/mol. The summed E-state index contributed by atoms with van der Waals surface area (Å²) in [5, 5.41) is 27.6. The Kier molecular flexibility index (Phi) is 12.0. The lowest BCUT2D eigenvalue weighted by atomic mass is 9.77. The Morgan fingerprint density at radius 1 is 0.807 bits per heavy atom. The fraction of sp³-hybridized carbons (Fsp3) is 0.420. The summed E-state index contributed by atoms with van der Waals surface area (Å²) in [7, 11) is 0. The topological polar surface area (TPSA) is 91.8 Å². The van der Waals surface area contributed by atoms with Crippen LogP contribution < -0.4 is 10.1 Å². The lowest BCUT2D eigenvalue weighted by Gasteiger charge is -2.22. The Morgan fingerprint density at radius 2 is 1.53 bits per heavy atom. The predicted molar refractivity (Wildman–Crippen MR) is 234 cm³/mol. The molecule has 298 valence electrons. The molecule has 1 aliphatic carbocycles. The highest BCUT2D eigenvalue weighted by Gasteiger charge is 2.47. The molecule has 4 aromatic carbocycles. The average molecular weight is 768 g/mol. The first-order chi connectivity index (χ1) is 27.6. The van der Waals surface area contributed by atoms with E-state index in [9.17, 15) is 19.8 Å². The highest BCUT2D eigenvalue weighted by atomic mass is 16.5. The lowest BCUT2D eigenvalue weighted by molar-refractivity contribution is -0.438. The molecule has 2 heterocycles. The zero-order valence-corrected chi connectivity index (χ0v) is 34.5. The number of hydrogen-bond acceptors (Lipinski definition) is 4. The van der Waals surface area contributed by atoms with E-state index in [1.54, 1.807) is 12.1 Å². The fourth-order valence-electron chi connectivity index (χ4n) is 9.08. The number of allylic oxidation sites excluding steroid dienone is 3. The molecule has 7 heteroatoms. The second kappa shape index (κ2) is 17.1. The van der Waals surface area contributed by atoms with Gasteiger partial charge in [-0.2, -0.15) is 4.58 Å². The van der Waals surface area contributed by atoms with E-state index in [0.29, 0.717) is 17.8 Å². The van der Waals surface area contributed by atoms with Crippen LogP contribution in [0.5, 0.6) is 5.75 Å². The molecule has 1 aliphatic heterocycles. The van der Waals surface area contributed by atoms with Gasteiger partial charge in [-0.1, -0.05) is 96.4 Å². The molecule has 0 spiro atoms. The van der Waals surface area contributed by atoms with Crippen molar-refractivity contribution in [3.63, 3.8) is 0 Å². The fourth-order valence-corrected chi connectivity index (χ4v) is 9.08. The van der Waals surface area contributed by atoms with E-state index >= 15 is 0 Å². The molecule has 0 radical (unpaired) electrons. The number of aromatic carboxylic acids is 1. The Bertz CT molecular complexity index is 2490. The van der Waals surface area contributed by atoms with Crippen molar-refractivity contribution in [3.05, 3.63) is 100 Å². The van der Waals surface area contributed by atoms with E-state index in [2.05, 4.69) is 80.2 Å². The van der Waals surface area contributed by atoms with Gasteiger partial charge in [0.15, 0.2) is 5.71 Å². The van der Waals surface area contributed by atoms with Gasteiger partial charge in [0, 0.05) is 57.7 Å². The number of aliphatic hydroxyl groups is 1. The Labute approximate surface area is 337 Å². The van der Waals surface area contributed by atoms with E-state index in [0.717, 1.165) is 119 Å². The smallest absolute Gasteiger partial charge is 0.335 e. The van der Waals surface area contributed by atoms with Gasteiger partial charge in [0.25, 0.3) is 0 Å². The van der Waals surface area contributed by atoms with E-state index in [1.165, 1.54) is 32.1 Å². The maximum absolute atomic E-state index is 14.3. The van der Waals surface area contributed by atoms with Gasteiger partial charge in [0.2, 0.25) is 11.5 Å². The summed E-state index contributed by atoms with van der Waals surface area (Å²) in [4.78, 5) is 26.1. The Balaban J connectivity index is 1.32. The number of aliphatic hydroxyl groups excluding tert-OH is 1. The number of carbonyl (C=O) groups is 2. The van der Waals surface area contributed by atoms with Crippen molar-refractivity contribution >= 4 is 61.7 Å². The number of aromatic nitrogens is 1. The van der Waals surface area contributed by atoms with Crippen molar-refractivity contribution in [3.8, 4) is 5.75 Å². The molecule has 0 atom stereocenters. The zero-order valence-electron chi connectivity index (χ0n) is 34.5. The van der Waals surface area contributed by atoms with Crippen LogP contribution in [0.2, 0.25) is 0 Å². The summed E-state index contributed by atoms with van der Waals surface area (Å²) in [6, 6.07) is 20.0. The van der Waals surface area contributed by atoms with Gasteiger partial charge in [-0.25, -0.2) is 4.79 Å². The quantitative estimate of drug-likeness (QED) is 0.0496. The highest BCUT2D eigenvalue weighted by molar-refractivity contribution is 6.27. The molecule has 0 bridgehead atoms. The van der Waals surface area contributed by atoms with Crippen LogP contribution in [-0.2, 0) is 16.8 Å². The van der Waals surface area contributed by atoms with Crippen molar-refractivity contribution in [2.24, 2.45) is 0 Å². The largest absolute Gasteiger partial charge is 0.506 e. The van der Waals surface area contributed by atoms with E-state index in [4.69, 9.17) is 4.74 Å². The summed E-state index contributed by atoms with van der Waals surface area (Å²) in [6.45, 7) is 13.2.